The number of amides is 2. The summed E-state index contributed by atoms with van der Waals surface area (Å²) in [6.45, 7) is 2.21. The fraction of sp³-hybridized carbons (Fsp3) is 0.258. The molecule has 1 unspecified atom stereocenters. The second-order valence-electron chi connectivity index (χ2n) is 10.6. The maximum atomic E-state index is 14.0. The average Bonchev–Trinajstić information content (AvgIpc) is 3.58. The van der Waals surface area contributed by atoms with Gasteiger partial charge in [0.2, 0.25) is 5.91 Å². The number of likely N-dealkylation sites (tertiary alicyclic amines) is 1. The van der Waals surface area contributed by atoms with Crippen molar-refractivity contribution in [2.24, 2.45) is 5.73 Å². The number of hydrogen-bond acceptors (Lipinski definition) is 5. The van der Waals surface area contributed by atoms with E-state index in [-0.39, 0.29) is 41.6 Å². The molecule has 0 saturated carbocycles. The zero-order valence-corrected chi connectivity index (χ0v) is 22.5. The summed E-state index contributed by atoms with van der Waals surface area (Å²) in [6.07, 6.45) is -4.36. The number of carbonyl (C=O) groups is 2. The Kier molecular flexibility index (Phi) is 7.07. The summed E-state index contributed by atoms with van der Waals surface area (Å²) in [6, 6.07) is 21.1. The van der Waals surface area contributed by atoms with Crippen molar-refractivity contribution in [2.45, 2.75) is 31.7 Å². The van der Waals surface area contributed by atoms with E-state index >= 15 is 0 Å². The van der Waals surface area contributed by atoms with Gasteiger partial charge in [0.15, 0.2) is 5.69 Å². The molecule has 0 spiro atoms. The van der Waals surface area contributed by atoms with Crippen LogP contribution in [0.2, 0.25) is 0 Å². The molecule has 2 aliphatic rings. The number of fused-ring (bicyclic) bond motifs is 1. The number of nitrogens with two attached hydrogens (primary N) is 1. The van der Waals surface area contributed by atoms with E-state index in [4.69, 9.17) is 5.73 Å². The van der Waals surface area contributed by atoms with Crippen molar-refractivity contribution in [2.75, 3.05) is 24.5 Å². The van der Waals surface area contributed by atoms with Crippen LogP contribution in [-0.2, 0) is 19.1 Å². The lowest BCUT2D eigenvalue weighted by Gasteiger charge is -2.28. The number of carbonyl (C=O) groups excluding carboxylic acids is 2. The van der Waals surface area contributed by atoms with Crippen LogP contribution in [0, 0.1) is 0 Å². The van der Waals surface area contributed by atoms with Gasteiger partial charge in [-0.25, -0.2) is 4.68 Å². The maximum Gasteiger partial charge on any atom is 0.435 e. The average molecular weight is 576 g/mol. The molecule has 1 aromatic heterocycles. The second kappa shape index (κ2) is 10.7. The van der Waals surface area contributed by atoms with Crippen molar-refractivity contribution in [3.8, 4) is 16.8 Å². The summed E-state index contributed by atoms with van der Waals surface area (Å²) in [4.78, 5) is 29.1. The number of aliphatic hydroxyl groups excluding tert-OH is 1. The Balaban J connectivity index is 1.32. The second-order valence-corrected chi connectivity index (χ2v) is 10.6. The monoisotopic (exact) mass is 575 g/mol. The van der Waals surface area contributed by atoms with Crippen LogP contribution in [0.3, 0.4) is 0 Å². The van der Waals surface area contributed by atoms with Gasteiger partial charge >= 0.3 is 6.18 Å². The topological polar surface area (TPSA) is 105 Å². The summed E-state index contributed by atoms with van der Waals surface area (Å²) >= 11 is 0. The largest absolute Gasteiger partial charge is 0.435 e. The lowest BCUT2D eigenvalue weighted by atomic mass is 9.98. The Hall–Kier alpha value is -4.48. The first-order chi connectivity index (χ1) is 20.1. The SMILES string of the molecule is NC(=O)c1cccc(-n2nc(C(F)(F)F)c3c2C(=O)N(c2ccc(-c4ccccc4CN4CCC(O)C4)cc2)CC3)c1. The van der Waals surface area contributed by atoms with E-state index in [0.717, 1.165) is 34.3 Å². The highest BCUT2D eigenvalue weighted by Crippen LogP contribution is 2.37. The van der Waals surface area contributed by atoms with E-state index in [9.17, 15) is 27.9 Å². The van der Waals surface area contributed by atoms with Crippen LogP contribution in [0.15, 0.2) is 72.8 Å². The predicted molar refractivity (Wildman–Crippen MR) is 150 cm³/mol. The van der Waals surface area contributed by atoms with Gasteiger partial charge in [-0.05, 0) is 59.9 Å². The third kappa shape index (κ3) is 5.17. The van der Waals surface area contributed by atoms with Gasteiger partial charge in [-0.15, -0.1) is 0 Å². The van der Waals surface area contributed by atoms with E-state index in [0.29, 0.717) is 18.8 Å². The van der Waals surface area contributed by atoms with Gasteiger partial charge in [-0.1, -0.05) is 42.5 Å². The molecule has 3 heterocycles. The highest BCUT2D eigenvalue weighted by molar-refractivity contribution is 6.07. The Bertz CT molecular complexity index is 1670. The Morgan fingerprint density at radius 2 is 1.76 bits per heavy atom. The van der Waals surface area contributed by atoms with Gasteiger partial charge in [0, 0.05) is 43.0 Å². The first-order valence-electron chi connectivity index (χ1n) is 13.6. The van der Waals surface area contributed by atoms with Gasteiger partial charge in [0.25, 0.3) is 5.91 Å². The van der Waals surface area contributed by atoms with Crippen LogP contribution in [-0.4, -0.2) is 57.3 Å². The molecule has 1 fully saturated rings. The molecular weight excluding hydrogens is 547 g/mol. The van der Waals surface area contributed by atoms with E-state index in [2.05, 4.69) is 16.1 Å². The van der Waals surface area contributed by atoms with Gasteiger partial charge < -0.3 is 15.7 Å². The highest BCUT2D eigenvalue weighted by Gasteiger charge is 2.43. The summed E-state index contributed by atoms with van der Waals surface area (Å²) in [5.41, 5.74) is 7.72. The molecule has 6 rings (SSSR count). The number of alkyl halides is 3. The predicted octanol–water partition coefficient (Wildman–Crippen LogP) is 4.43. The number of β-amino-alcohol motifs (C(OH)–C–C–N with tert-alkyl or cyclic N) is 1. The Morgan fingerprint density at radius 1 is 1.00 bits per heavy atom. The number of benzene rings is 3. The summed E-state index contributed by atoms with van der Waals surface area (Å²) < 4.78 is 42.8. The van der Waals surface area contributed by atoms with Crippen molar-refractivity contribution in [3.05, 3.63) is 101 Å². The lowest BCUT2D eigenvalue weighted by molar-refractivity contribution is -0.141. The van der Waals surface area contributed by atoms with Crippen molar-refractivity contribution in [1.82, 2.24) is 14.7 Å². The Morgan fingerprint density at radius 3 is 2.45 bits per heavy atom. The molecule has 42 heavy (non-hydrogen) atoms. The summed E-state index contributed by atoms with van der Waals surface area (Å²) in [5.74, 6) is -1.37. The highest BCUT2D eigenvalue weighted by atomic mass is 19.4. The molecule has 2 aliphatic heterocycles. The molecular formula is C31H28F3N5O3. The molecule has 0 bridgehead atoms. The Labute approximate surface area is 239 Å². The maximum absolute atomic E-state index is 14.0. The van der Waals surface area contributed by atoms with Crippen LogP contribution < -0.4 is 10.6 Å². The molecule has 2 amide bonds. The summed E-state index contributed by atoms with van der Waals surface area (Å²) in [5, 5.41) is 13.7. The van der Waals surface area contributed by atoms with E-state index in [1.165, 1.54) is 29.2 Å². The number of nitrogens with zero attached hydrogens (tertiary/aromatic N) is 4. The molecule has 3 N–H and O–H groups in total. The van der Waals surface area contributed by atoms with E-state index < -0.39 is 23.7 Å². The molecule has 3 aromatic carbocycles. The van der Waals surface area contributed by atoms with Crippen LogP contribution in [0.25, 0.3) is 16.8 Å². The quantitative estimate of drug-likeness (QED) is 0.354. The molecule has 4 aromatic rings. The first-order valence-corrected chi connectivity index (χ1v) is 13.6. The smallest absolute Gasteiger partial charge is 0.392 e. The molecule has 8 nitrogen and oxygen atoms in total. The van der Waals surface area contributed by atoms with Crippen molar-refractivity contribution in [3.63, 3.8) is 0 Å². The number of hydrogen-bond donors (Lipinski definition) is 2. The van der Waals surface area contributed by atoms with Crippen molar-refractivity contribution >= 4 is 17.5 Å². The number of rotatable bonds is 6. The minimum absolute atomic E-state index is 0.0440. The molecule has 0 radical (unpaired) electrons. The van der Waals surface area contributed by atoms with E-state index in [1.54, 1.807) is 12.1 Å². The van der Waals surface area contributed by atoms with Crippen LogP contribution in [0.4, 0.5) is 18.9 Å². The zero-order valence-electron chi connectivity index (χ0n) is 22.5. The minimum atomic E-state index is -4.76. The lowest BCUT2D eigenvalue weighted by Crippen LogP contribution is -2.39. The van der Waals surface area contributed by atoms with Crippen molar-refractivity contribution < 1.29 is 27.9 Å². The van der Waals surface area contributed by atoms with Crippen molar-refractivity contribution in [1.29, 1.82) is 0 Å². The first kappa shape index (κ1) is 27.7. The molecule has 216 valence electrons. The third-order valence-electron chi connectivity index (χ3n) is 7.81. The van der Waals surface area contributed by atoms with Crippen LogP contribution in [0.1, 0.15) is 44.1 Å². The third-order valence-corrected chi connectivity index (χ3v) is 7.81. The van der Waals surface area contributed by atoms with E-state index in [1.807, 2.05) is 30.3 Å². The van der Waals surface area contributed by atoms with Gasteiger partial charge in [-0.2, -0.15) is 18.3 Å². The number of aliphatic hydroxyl groups is 1. The number of anilines is 1. The van der Waals surface area contributed by atoms with Gasteiger partial charge in [0.05, 0.1) is 11.8 Å². The van der Waals surface area contributed by atoms with Gasteiger partial charge in [-0.3, -0.25) is 14.5 Å². The van der Waals surface area contributed by atoms with Gasteiger partial charge in [0.1, 0.15) is 5.69 Å². The number of aromatic nitrogens is 2. The molecule has 11 heteroatoms. The van der Waals surface area contributed by atoms with Crippen LogP contribution >= 0.6 is 0 Å². The molecule has 1 saturated heterocycles. The molecule has 1 atom stereocenters. The molecule has 0 aliphatic carbocycles. The fourth-order valence-electron chi connectivity index (χ4n) is 5.77. The van der Waals surface area contributed by atoms with Crippen LogP contribution in [0.5, 0.6) is 0 Å². The number of primary amides is 1. The zero-order chi connectivity index (χ0) is 29.6. The standard InChI is InChI=1S/C31H28F3N5O3/c32-31(33,34)28-26-13-15-38(30(42)27(26)39(36-28)23-6-3-5-20(16-23)29(35)41)22-10-8-19(9-11-22)25-7-2-1-4-21(25)17-37-14-12-24(40)18-37/h1-11,16,24,40H,12-15,17-18H2,(H2,35,41). The fourth-order valence-corrected chi connectivity index (χ4v) is 5.77. The summed E-state index contributed by atoms with van der Waals surface area (Å²) in [7, 11) is 0. The normalized spacial score (nSPS) is 17.5. The number of halogens is 3. The minimum Gasteiger partial charge on any atom is -0.392 e.